The fourth-order valence-corrected chi connectivity index (χ4v) is 5.34. The van der Waals surface area contributed by atoms with E-state index in [9.17, 15) is 4.79 Å². The first-order valence-electron chi connectivity index (χ1n) is 9.15. The van der Waals surface area contributed by atoms with Gasteiger partial charge in [-0.1, -0.05) is 6.42 Å². The Hall–Kier alpha value is -1.18. The van der Waals surface area contributed by atoms with Gasteiger partial charge in [-0.3, -0.25) is 4.79 Å². The summed E-state index contributed by atoms with van der Waals surface area (Å²) in [7, 11) is 0. The van der Waals surface area contributed by atoms with Crippen LogP contribution in [0.1, 0.15) is 36.0 Å². The van der Waals surface area contributed by atoms with Gasteiger partial charge in [0.2, 0.25) is 0 Å². The lowest BCUT2D eigenvalue weighted by Gasteiger charge is -2.35. The molecule has 1 aromatic carbocycles. The molecule has 1 amide bonds. The number of hydrogen-bond donors (Lipinski definition) is 0. The highest BCUT2D eigenvalue weighted by Gasteiger charge is 2.28. The SMILES string of the molecule is O=C(c1ccc2nsnc2c1)N1CCCSCC1CN1CCCCC1. The third-order valence-corrected chi connectivity index (χ3v) is 6.87. The molecule has 2 fully saturated rings. The number of thioether (sulfide) groups is 1. The largest absolute Gasteiger partial charge is 0.334 e. The number of fused-ring (bicyclic) bond motifs is 1. The highest BCUT2D eigenvalue weighted by molar-refractivity contribution is 7.99. The maximum absolute atomic E-state index is 13.2. The lowest BCUT2D eigenvalue weighted by atomic mass is 10.1. The number of rotatable bonds is 3. The van der Waals surface area contributed by atoms with E-state index < -0.39 is 0 Å². The maximum Gasteiger partial charge on any atom is 0.254 e. The second-order valence-corrected chi connectivity index (χ2v) is 8.59. The second-order valence-electron chi connectivity index (χ2n) is 6.91. The van der Waals surface area contributed by atoms with Crippen LogP contribution < -0.4 is 0 Å². The Labute approximate surface area is 157 Å². The fraction of sp³-hybridized carbons (Fsp3) is 0.611. The molecular formula is C18H24N4OS2. The van der Waals surface area contributed by atoms with E-state index in [0.717, 1.165) is 47.6 Å². The summed E-state index contributed by atoms with van der Waals surface area (Å²) in [6.45, 7) is 4.23. The second kappa shape index (κ2) is 8.01. The van der Waals surface area contributed by atoms with Gasteiger partial charge in [0.25, 0.3) is 5.91 Å². The molecule has 2 saturated heterocycles. The molecule has 3 heterocycles. The summed E-state index contributed by atoms with van der Waals surface area (Å²) < 4.78 is 8.52. The van der Waals surface area contributed by atoms with Gasteiger partial charge in [0.05, 0.1) is 17.8 Å². The first-order valence-corrected chi connectivity index (χ1v) is 11.0. The molecule has 4 rings (SSSR count). The number of piperidine rings is 1. The van der Waals surface area contributed by atoms with E-state index in [-0.39, 0.29) is 5.91 Å². The molecule has 2 aliphatic rings. The van der Waals surface area contributed by atoms with Crippen molar-refractivity contribution in [3.05, 3.63) is 23.8 Å². The van der Waals surface area contributed by atoms with Crippen molar-refractivity contribution in [2.45, 2.75) is 31.7 Å². The van der Waals surface area contributed by atoms with Crippen LogP contribution in [0, 0.1) is 0 Å². The molecule has 0 aliphatic carbocycles. The monoisotopic (exact) mass is 376 g/mol. The van der Waals surface area contributed by atoms with Gasteiger partial charge in [-0.25, -0.2) is 0 Å². The van der Waals surface area contributed by atoms with Crippen molar-refractivity contribution in [3.63, 3.8) is 0 Å². The molecule has 0 bridgehead atoms. The molecule has 2 aliphatic heterocycles. The van der Waals surface area contributed by atoms with Crippen LogP contribution in [-0.2, 0) is 0 Å². The van der Waals surface area contributed by atoms with Crippen molar-refractivity contribution >= 4 is 40.4 Å². The van der Waals surface area contributed by atoms with Crippen LogP contribution in [0.15, 0.2) is 18.2 Å². The minimum absolute atomic E-state index is 0.152. The third kappa shape index (κ3) is 3.99. The summed E-state index contributed by atoms with van der Waals surface area (Å²) in [5, 5.41) is 0. The van der Waals surface area contributed by atoms with Gasteiger partial charge in [-0.05, 0) is 56.3 Å². The molecule has 1 atom stereocenters. The lowest BCUT2D eigenvalue weighted by molar-refractivity contribution is 0.0646. The Balaban J connectivity index is 1.53. The molecule has 25 heavy (non-hydrogen) atoms. The average molecular weight is 377 g/mol. The van der Waals surface area contributed by atoms with Crippen LogP contribution in [-0.4, -0.2) is 68.2 Å². The van der Waals surface area contributed by atoms with Crippen LogP contribution >= 0.6 is 23.5 Å². The summed E-state index contributed by atoms with van der Waals surface area (Å²) in [4.78, 5) is 17.9. The molecule has 1 aromatic heterocycles. The number of likely N-dealkylation sites (tertiary alicyclic amines) is 1. The fourth-order valence-electron chi connectivity index (χ4n) is 3.77. The van der Waals surface area contributed by atoms with Crippen molar-refractivity contribution < 1.29 is 4.79 Å². The predicted molar refractivity (Wildman–Crippen MR) is 104 cm³/mol. The van der Waals surface area contributed by atoms with Crippen molar-refractivity contribution in [1.82, 2.24) is 18.5 Å². The molecule has 1 unspecified atom stereocenters. The zero-order valence-corrected chi connectivity index (χ0v) is 16.0. The Morgan fingerprint density at radius 2 is 1.92 bits per heavy atom. The minimum Gasteiger partial charge on any atom is -0.334 e. The van der Waals surface area contributed by atoms with Gasteiger partial charge in [0, 0.05) is 24.4 Å². The number of hydrogen-bond acceptors (Lipinski definition) is 6. The van der Waals surface area contributed by atoms with Crippen molar-refractivity contribution in [1.29, 1.82) is 0 Å². The Bertz CT molecular complexity index is 729. The molecule has 5 nitrogen and oxygen atoms in total. The number of benzene rings is 1. The number of carbonyl (C=O) groups excluding carboxylic acids is 1. The maximum atomic E-state index is 13.2. The Morgan fingerprint density at radius 3 is 2.80 bits per heavy atom. The van der Waals surface area contributed by atoms with Crippen LogP contribution in [0.25, 0.3) is 11.0 Å². The van der Waals surface area contributed by atoms with Crippen LogP contribution in [0.4, 0.5) is 0 Å². The van der Waals surface area contributed by atoms with Crippen LogP contribution in [0.3, 0.4) is 0 Å². The highest BCUT2D eigenvalue weighted by Crippen LogP contribution is 2.22. The molecule has 0 spiro atoms. The average Bonchev–Trinajstić information content (AvgIpc) is 3.00. The van der Waals surface area contributed by atoms with Gasteiger partial charge in [0.1, 0.15) is 11.0 Å². The quantitative estimate of drug-likeness (QED) is 0.824. The minimum atomic E-state index is 0.152. The van der Waals surface area contributed by atoms with Crippen LogP contribution in [0.2, 0.25) is 0 Å². The molecule has 7 heteroatoms. The zero-order chi connectivity index (χ0) is 17.1. The van der Waals surface area contributed by atoms with Crippen LogP contribution in [0.5, 0.6) is 0 Å². The first-order chi connectivity index (χ1) is 12.3. The van der Waals surface area contributed by atoms with Gasteiger partial charge >= 0.3 is 0 Å². The summed E-state index contributed by atoms with van der Waals surface area (Å²) in [5.74, 6) is 2.34. The van der Waals surface area contributed by atoms with E-state index >= 15 is 0 Å². The highest BCUT2D eigenvalue weighted by atomic mass is 32.2. The van der Waals surface area contributed by atoms with E-state index in [4.69, 9.17) is 0 Å². The van der Waals surface area contributed by atoms with E-state index in [2.05, 4.69) is 18.5 Å². The third-order valence-electron chi connectivity index (χ3n) is 5.12. The van der Waals surface area contributed by atoms with Gasteiger partial charge < -0.3 is 9.80 Å². The zero-order valence-electron chi connectivity index (χ0n) is 14.4. The number of nitrogens with zero attached hydrogens (tertiary/aromatic N) is 4. The molecule has 0 saturated carbocycles. The summed E-state index contributed by atoms with van der Waals surface area (Å²) in [6, 6.07) is 6.03. The standard InChI is InChI=1S/C18H24N4OS2/c23-18(14-5-6-16-17(11-14)20-25-19-16)22-9-4-10-24-13-15(22)12-21-7-2-1-3-8-21/h5-6,11,15H,1-4,7-10,12-13H2. The number of carbonyl (C=O) groups is 1. The van der Waals surface area contributed by atoms with Crippen molar-refractivity contribution in [3.8, 4) is 0 Å². The van der Waals surface area contributed by atoms with Gasteiger partial charge in [-0.2, -0.15) is 20.5 Å². The van der Waals surface area contributed by atoms with E-state index in [1.165, 1.54) is 44.1 Å². The summed E-state index contributed by atoms with van der Waals surface area (Å²) >= 11 is 3.19. The van der Waals surface area contributed by atoms with E-state index in [1.54, 1.807) is 0 Å². The molecular weight excluding hydrogens is 352 g/mol. The normalized spacial score (nSPS) is 22.9. The van der Waals surface area contributed by atoms with Gasteiger partial charge in [0.15, 0.2) is 0 Å². The molecule has 2 aromatic rings. The van der Waals surface area contributed by atoms with E-state index in [1.807, 2.05) is 30.0 Å². The molecule has 0 N–H and O–H groups in total. The topological polar surface area (TPSA) is 49.3 Å². The summed E-state index contributed by atoms with van der Waals surface area (Å²) in [6.07, 6.45) is 5.01. The van der Waals surface area contributed by atoms with E-state index in [0.29, 0.717) is 6.04 Å². The Morgan fingerprint density at radius 1 is 1.08 bits per heavy atom. The molecule has 134 valence electrons. The predicted octanol–water partition coefficient (Wildman–Crippen LogP) is 3.12. The number of aromatic nitrogens is 2. The smallest absolute Gasteiger partial charge is 0.254 e. The lowest BCUT2D eigenvalue weighted by Crippen LogP contribution is -2.49. The Kier molecular flexibility index (Phi) is 5.53. The van der Waals surface area contributed by atoms with Crippen molar-refractivity contribution in [2.24, 2.45) is 0 Å². The summed E-state index contributed by atoms with van der Waals surface area (Å²) in [5.41, 5.74) is 2.45. The molecule has 0 radical (unpaired) electrons. The van der Waals surface area contributed by atoms with Gasteiger partial charge in [-0.15, -0.1) is 0 Å². The number of amides is 1. The first kappa shape index (κ1) is 17.2. The van der Waals surface area contributed by atoms with Crippen molar-refractivity contribution in [2.75, 3.05) is 37.7 Å².